The van der Waals surface area contributed by atoms with Crippen molar-refractivity contribution >= 4 is 17.6 Å². The van der Waals surface area contributed by atoms with E-state index >= 15 is 0 Å². The van der Waals surface area contributed by atoms with Crippen LogP contribution in [0.25, 0.3) is 11.3 Å². The Morgan fingerprint density at radius 2 is 1.87 bits per heavy atom. The van der Waals surface area contributed by atoms with Crippen LogP contribution in [0.2, 0.25) is 0 Å². The van der Waals surface area contributed by atoms with Gasteiger partial charge in [-0.2, -0.15) is 4.91 Å². The molecule has 2 heterocycles. The first-order valence-electron chi connectivity index (χ1n) is 16.1. The lowest BCUT2D eigenvalue weighted by atomic mass is 10.0. The molecule has 0 saturated heterocycles. The second-order valence-corrected chi connectivity index (χ2v) is 12.4. The van der Waals surface area contributed by atoms with Gasteiger partial charge in [-0.05, 0) is 85.5 Å². The third kappa shape index (κ3) is 11.4. The van der Waals surface area contributed by atoms with E-state index in [4.69, 9.17) is 4.98 Å². The van der Waals surface area contributed by atoms with Gasteiger partial charge in [-0.25, -0.2) is 10.4 Å². The molecule has 12 heteroatoms. The van der Waals surface area contributed by atoms with Crippen LogP contribution in [0, 0.1) is 4.91 Å². The van der Waals surface area contributed by atoms with Gasteiger partial charge in [0.1, 0.15) is 11.9 Å². The van der Waals surface area contributed by atoms with Crippen molar-refractivity contribution in [3.05, 3.63) is 51.9 Å². The van der Waals surface area contributed by atoms with Gasteiger partial charge in [-0.15, -0.1) is 0 Å². The topological polar surface area (TPSA) is 134 Å². The molecule has 248 valence electrons. The predicted molar refractivity (Wildman–Crippen MR) is 181 cm³/mol. The number of aromatic nitrogens is 1. The Labute approximate surface area is 268 Å². The summed E-state index contributed by atoms with van der Waals surface area (Å²) in [5.74, 6) is 0.602. The van der Waals surface area contributed by atoms with Crippen molar-refractivity contribution in [3.8, 4) is 11.3 Å². The Balaban J connectivity index is 1.58. The molecule has 45 heavy (non-hydrogen) atoms. The highest BCUT2D eigenvalue weighted by atomic mass is 16.3. The Kier molecular flexibility index (Phi) is 14.8. The number of anilines is 1. The molecule has 1 aliphatic heterocycles. The maximum Gasteiger partial charge on any atom is 0.251 e. The number of carbonyl (C=O) groups is 2. The van der Waals surface area contributed by atoms with E-state index in [0.29, 0.717) is 37.9 Å². The van der Waals surface area contributed by atoms with Crippen LogP contribution < -0.4 is 26.4 Å². The van der Waals surface area contributed by atoms with Crippen LogP contribution in [-0.4, -0.2) is 99.6 Å². The number of fused-ring (bicyclic) bond motifs is 1. The summed E-state index contributed by atoms with van der Waals surface area (Å²) in [5.41, 5.74) is 7.87. The number of pyridine rings is 1. The highest BCUT2D eigenvalue weighted by Gasteiger charge is 2.28. The van der Waals surface area contributed by atoms with Gasteiger partial charge in [0.15, 0.2) is 0 Å². The van der Waals surface area contributed by atoms with Gasteiger partial charge in [0.05, 0.1) is 5.69 Å². The highest BCUT2D eigenvalue weighted by molar-refractivity contribution is 5.98. The summed E-state index contributed by atoms with van der Waals surface area (Å²) in [4.78, 5) is 46.0. The van der Waals surface area contributed by atoms with Crippen LogP contribution in [0.3, 0.4) is 0 Å². The molecule has 0 aliphatic carbocycles. The summed E-state index contributed by atoms with van der Waals surface area (Å²) >= 11 is 0. The maximum absolute atomic E-state index is 13.5. The van der Waals surface area contributed by atoms with Crippen molar-refractivity contribution in [1.82, 2.24) is 36.2 Å². The average Bonchev–Trinajstić information content (AvgIpc) is 3.45. The molecule has 0 radical (unpaired) electrons. The molecule has 0 fully saturated rings. The second kappa shape index (κ2) is 18.5. The molecular formula is C33H53N9O3. The lowest BCUT2D eigenvalue weighted by Crippen LogP contribution is -2.38. The fourth-order valence-corrected chi connectivity index (χ4v) is 5.27. The van der Waals surface area contributed by atoms with E-state index in [1.807, 2.05) is 49.3 Å². The van der Waals surface area contributed by atoms with Crippen LogP contribution in [0.1, 0.15) is 67.4 Å². The molecule has 1 atom stereocenters. The van der Waals surface area contributed by atoms with Gasteiger partial charge < -0.3 is 25.8 Å². The SMILES string of the molecule is CNCCN(C)Cc1cccc(-c2cc(C(=O)NCCCCCC(=O)NCC(CCN(C)C)N=O)c3c(n2)N(C(C)C)NC3)c1. The van der Waals surface area contributed by atoms with Crippen molar-refractivity contribution in [2.45, 2.75) is 71.1 Å². The van der Waals surface area contributed by atoms with Crippen LogP contribution in [0.5, 0.6) is 0 Å². The van der Waals surface area contributed by atoms with E-state index in [0.717, 1.165) is 61.7 Å². The lowest BCUT2D eigenvalue weighted by molar-refractivity contribution is -0.121. The number of hydrogen-bond acceptors (Lipinski definition) is 10. The minimum Gasteiger partial charge on any atom is -0.354 e. The van der Waals surface area contributed by atoms with Gasteiger partial charge in [-0.1, -0.05) is 29.8 Å². The number of benzene rings is 1. The van der Waals surface area contributed by atoms with Gasteiger partial charge in [-0.3, -0.25) is 14.6 Å². The number of amides is 2. The first kappa shape index (κ1) is 36.0. The Bertz CT molecular complexity index is 1250. The van der Waals surface area contributed by atoms with E-state index in [2.05, 4.69) is 64.5 Å². The molecule has 12 nitrogen and oxygen atoms in total. The molecular weight excluding hydrogens is 570 g/mol. The van der Waals surface area contributed by atoms with E-state index in [1.54, 1.807) is 0 Å². The summed E-state index contributed by atoms with van der Waals surface area (Å²) in [6.45, 7) is 8.97. The number of hydrogen-bond donors (Lipinski definition) is 4. The lowest BCUT2D eigenvalue weighted by Gasteiger charge is -2.23. The number of nitroso groups, excluding NO2 is 1. The largest absolute Gasteiger partial charge is 0.354 e. The van der Waals surface area contributed by atoms with Crippen molar-refractivity contribution in [2.24, 2.45) is 5.18 Å². The number of hydrazine groups is 1. The zero-order valence-corrected chi connectivity index (χ0v) is 28.0. The fourth-order valence-electron chi connectivity index (χ4n) is 5.27. The van der Waals surface area contributed by atoms with Crippen molar-refractivity contribution in [1.29, 1.82) is 0 Å². The number of rotatable bonds is 20. The second-order valence-electron chi connectivity index (χ2n) is 12.4. The molecule has 0 bridgehead atoms. The Morgan fingerprint density at radius 1 is 1.07 bits per heavy atom. The summed E-state index contributed by atoms with van der Waals surface area (Å²) in [5, 5.41) is 14.3. The van der Waals surface area contributed by atoms with E-state index in [-0.39, 0.29) is 24.4 Å². The molecule has 1 aliphatic rings. The number of nitrogens with one attached hydrogen (secondary N) is 4. The van der Waals surface area contributed by atoms with Crippen LogP contribution in [0.4, 0.5) is 5.82 Å². The van der Waals surface area contributed by atoms with Crippen LogP contribution in [-0.2, 0) is 17.9 Å². The van der Waals surface area contributed by atoms with Gasteiger partial charge >= 0.3 is 0 Å². The van der Waals surface area contributed by atoms with Gasteiger partial charge in [0.2, 0.25) is 5.91 Å². The monoisotopic (exact) mass is 623 g/mol. The van der Waals surface area contributed by atoms with Crippen molar-refractivity contribution in [3.63, 3.8) is 0 Å². The van der Waals surface area contributed by atoms with Gasteiger partial charge in [0.25, 0.3) is 5.91 Å². The fraction of sp³-hybridized carbons (Fsp3) is 0.606. The Morgan fingerprint density at radius 3 is 2.58 bits per heavy atom. The molecule has 2 amide bonds. The first-order valence-corrected chi connectivity index (χ1v) is 16.1. The Hall–Kier alpha value is -3.45. The molecule has 2 aromatic rings. The summed E-state index contributed by atoms with van der Waals surface area (Å²) in [7, 11) is 7.94. The van der Waals surface area contributed by atoms with E-state index in [9.17, 15) is 14.5 Å². The highest BCUT2D eigenvalue weighted by Crippen LogP contribution is 2.32. The molecule has 1 unspecified atom stereocenters. The first-order chi connectivity index (χ1) is 21.6. The molecule has 4 N–H and O–H groups in total. The summed E-state index contributed by atoms with van der Waals surface area (Å²) in [6.07, 6.45) is 3.28. The van der Waals surface area contributed by atoms with Crippen molar-refractivity contribution in [2.75, 3.05) is 65.9 Å². The van der Waals surface area contributed by atoms with E-state index < -0.39 is 6.04 Å². The maximum atomic E-state index is 13.5. The smallest absolute Gasteiger partial charge is 0.251 e. The third-order valence-corrected chi connectivity index (χ3v) is 7.90. The molecule has 0 saturated carbocycles. The molecule has 1 aromatic carbocycles. The number of likely N-dealkylation sites (N-methyl/N-ethyl adjacent to an activating group) is 2. The molecule has 3 rings (SSSR count). The standard InChI is InChI=1S/C33H53N9O3/c1-24(2)42-32-29(22-37-42)28(20-30(38-32)26-12-10-11-25(19-26)23-41(6)18-16-34-3)33(44)35-15-9-7-8-13-31(43)36-21-27(39-45)14-17-40(4)5/h10-12,19-20,24,27,34,37H,7-9,13-18,21-23H2,1-6H3,(H,35,44)(H,36,43). The number of unbranched alkanes of at least 4 members (excludes halogenated alkanes) is 2. The normalized spacial score (nSPS) is 13.4. The third-order valence-electron chi connectivity index (χ3n) is 7.90. The molecule has 1 aromatic heterocycles. The summed E-state index contributed by atoms with van der Waals surface area (Å²) < 4.78 is 0. The predicted octanol–water partition coefficient (Wildman–Crippen LogP) is 3.13. The zero-order chi connectivity index (χ0) is 32.8. The van der Waals surface area contributed by atoms with Crippen molar-refractivity contribution < 1.29 is 9.59 Å². The summed E-state index contributed by atoms with van der Waals surface area (Å²) in [6, 6.07) is 10.0. The molecule has 0 spiro atoms. The zero-order valence-electron chi connectivity index (χ0n) is 28.0. The van der Waals surface area contributed by atoms with Crippen LogP contribution in [0.15, 0.2) is 35.5 Å². The van der Waals surface area contributed by atoms with Gasteiger partial charge in [0, 0.05) is 68.4 Å². The van der Waals surface area contributed by atoms with E-state index in [1.165, 1.54) is 5.56 Å². The minimum absolute atomic E-state index is 0.0756. The minimum atomic E-state index is -0.413. The number of nitrogens with zero attached hydrogens (tertiary/aromatic N) is 5. The van der Waals surface area contributed by atoms with Crippen LogP contribution >= 0.6 is 0 Å². The number of carbonyl (C=O) groups excluding carboxylic acids is 2. The quantitative estimate of drug-likeness (QED) is 0.130. The average molecular weight is 624 g/mol.